The summed E-state index contributed by atoms with van der Waals surface area (Å²) in [6, 6.07) is 7.63. The van der Waals surface area contributed by atoms with Crippen LogP contribution in [0.2, 0.25) is 5.02 Å². The molecule has 0 aliphatic heterocycles. The Bertz CT molecular complexity index is 709. The normalized spacial score (nSPS) is 11.4. The van der Waals surface area contributed by atoms with Gasteiger partial charge in [0.2, 0.25) is 0 Å². The molecule has 80 valence electrons. The second kappa shape index (κ2) is 3.12. The van der Waals surface area contributed by atoms with Crippen molar-refractivity contribution in [2.75, 3.05) is 0 Å². The largest absolute Gasteiger partial charge is 0.338 e. The molecule has 0 saturated heterocycles. The van der Waals surface area contributed by atoms with E-state index in [0.717, 1.165) is 33.2 Å². The molecule has 0 fully saturated rings. The van der Waals surface area contributed by atoms with Gasteiger partial charge in [-0.3, -0.25) is 4.79 Å². The van der Waals surface area contributed by atoms with Crippen molar-refractivity contribution < 1.29 is 4.79 Å². The molecule has 0 atom stereocenters. The van der Waals surface area contributed by atoms with Crippen LogP contribution in [0.3, 0.4) is 0 Å². The third-order valence-corrected chi connectivity index (χ3v) is 3.20. The SMILES string of the molecule is Cn1c2[nH]c(C=O)cc2c2cccc(Cl)c21. The zero-order valence-corrected chi connectivity index (χ0v) is 9.38. The van der Waals surface area contributed by atoms with Crippen LogP contribution in [-0.2, 0) is 7.05 Å². The Labute approximate surface area is 96.6 Å². The first-order chi connectivity index (χ1) is 7.72. The van der Waals surface area contributed by atoms with Crippen molar-refractivity contribution in [1.29, 1.82) is 0 Å². The molecule has 2 heterocycles. The first-order valence-corrected chi connectivity index (χ1v) is 5.31. The maximum atomic E-state index is 10.7. The van der Waals surface area contributed by atoms with Gasteiger partial charge in [0.25, 0.3) is 0 Å². The quantitative estimate of drug-likeness (QED) is 0.643. The standard InChI is InChI=1S/C12H9ClN2O/c1-15-11-8(3-2-4-10(11)13)9-5-7(6-16)14-12(9)15/h2-6,14H,1H3. The predicted octanol–water partition coefficient (Wildman–Crippen LogP) is 3.13. The zero-order chi connectivity index (χ0) is 11.3. The van der Waals surface area contributed by atoms with E-state index in [2.05, 4.69) is 4.98 Å². The number of benzene rings is 1. The van der Waals surface area contributed by atoms with Crippen LogP contribution < -0.4 is 0 Å². The molecule has 4 heteroatoms. The summed E-state index contributed by atoms with van der Waals surface area (Å²) in [7, 11) is 1.93. The van der Waals surface area contributed by atoms with Gasteiger partial charge in [-0.1, -0.05) is 23.7 Å². The van der Waals surface area contributed by atoms with Crippen LogP contribution in [0.1, 0.15) is 10.5 Å². The first kappa shape index (κ1) is 9.48. The number of nitrogens with zero attached hydrogens (tertiary/aromatic N) is 1. The highest BCUT2D eigenvalue weighted by atomic mass is 35.5. The van der Waals surface area contributed by atoms with Gasteiger partial charge in [0.05, 0.1) is 16.2 Å². The van der Waals surface area contributed by atoms with Gasteiger partial charge < -0.3 is 9.55 Å². The number of H-pyrrole nitrogens is 1. The van der Waals surface area contributed by atoms with Crippen LogP contribution in [-0.4, -0.2) is 15.8 Å². The Hall–Kier alpha value is -1.74. The lowest BCUT2D eigenvalue weighted by atomic mass is 10.2. The van der Waals surface area contributed by atoms with E-state index < -0.39 is 0 Å². The van der Waals surface area contributed by atoms with Gasteiger partial charge in [0.15, 0.2) is 6.29 Å². The Morgan fingerprint density at radius 1 is 1.38 bits per heavy atom. The lowest BCUT2D eigenvalue weighted by Gasteiger charge is -1.99. The van der Waals surface area contributed by atoms with Crippen LogP contribution >= 0.6 is 11.6 Å². The molecule has 0 bridgehead atoms. The van der Waals surface area contributed by atoms with Gasteiger partial charge >= 0.3 is 0 Å². The molecule has 0 amide bonds. The smallest absolute Gasteiger partial charge is 0.166 e. The molecule has 0 aliphatic rings. The molecule has 0 radical (unpaired) electrons. The molecule has 3 aromatic rings. The van der Waals surface area contributed by atoms with E-state index in [1.165, 1.54) is 0 Å². The predicted molar refractivity (Wildman–Crippen MR) is 65.2 cm³/mol. The summed E-state index contributed by atoms with van der Waals surface area (Å²) in [6.07, 6.45) is 0.816. The Kier molecular flexibility index (Phi) is 1.85. The van der Waals surface area contributed by atoms with E-state index >= 15 is 0 Å². The van der Waals surface area contributed by atoms with E-state index in [9.17, 15) is 4.79 Å². The molecule has 3 rings (SSSR count). The highest BCUT2D eigenvalue weighted by Crippen LogP contribution is 2.32. The summed E-state index contributed by atoms with van der Waals surface area (Å²) in [5.41, 5.74) is 2.50. The van der Waals surface area contributed by atoms with Crippen LogP contribution in [0.5, 0.6) is 0 Å². The summed E-state index contributed by atoms with van der Waals surface area (Å²) in [6.45, 7) is 0. The minimum absolute atomic E-state index is 0.586. The monoisotopic (exact) mass is 232 g/mol. The number of halogens is 1. The van der Waals surface area contributed by atoms with Crippen molar-refractivity contribution in [2.24, 2.45) is 7.05 Å². The van der Waals surface area contributed by atoms with E-state index in [1.54, 1.807) is 0 Å². The highest BCUT2D eigenvalue weighted by Gasteiger charge is 2.12. The van der Waals surface area contributed by atoms with Crippen LogP contribution in [0.15, 0.2) is 24.3 Å². The van der Waals surface area contributed by atoms with Gasteiger partial charge in [-0.2, -0.15) is 0 Å². The van der Waals surface area contributed by atoms with Crippen LogP contribution in [0, 0.1) is 0 Å². The highest BCUT2D eigenvalue weighted by molar-refractivity contribution is 6.36. The van der Waals surface area contributed by atoms with Crippen molar-refractivity contribution >= 4 is 39.8 Å². The minimum atomic E-state index is 0.586. The summed E-state index contributed by atoms with van der Waals surface area (Å²) in [5, 5.41) is 2.81. The average molecular weight is 233 g/mol. The number of nitrogens with one attached hydrogen (secondary N) is 1. The summed E-state index contributed by atoms with van der Waals surface area (Å²) in [4.78, 5) is 13.8. The minimum Gasteiger partial charge on any atom is -0.338 e. The van der Waals surface area contributed by atoms with Crippen molar-refractivity contribution in [2.45, 2.75) is 0 Å². The summed E-state index contributed by atoms with van der Waals surface area (Å²) >= 11 is 6.16. The number of fused-ring (bicyclic) bond motifs is 3. The van der Waals surface area contributed by atoms with Crippen LogP contribution in [0.25, 0.3) is 21.9 Å². The topological polar surface area (TPSA) is 37.8 Å². The summed E-state index contributed by atoms with van der Waals surface area (Å²) < 4.78 is 1.97. The number of para-hydroxylation sites is 1. The fourth-order valence-electron chi connectivity index (χ4n) is 2.18. The maximum Gasteiger partial charge on any atom is 0.166 e. The van der Waals surface area contributed by atoms with Crippen molar-refractivity contribution in [3.05, 3.63) is 35.0 Å². The van der Waals surface area contributed by atoms with Gasteiger partial charge in [0, 0.05) is 17.8 Å². The van der Waals surface area contributed by atoms with Gasteiger partial charge in [-0.25, -0.2) is 0 Å². The van der Waals surface area contributed by atoms with E-state index in [0.29, 0.717) is 5.69 Å². The number of carbonyl (C=O) groups is 1. The number of aryl methyl sites for hydroxylation is 1. The molecule has 0 saturated carbocycles. The molecule has 16 heavy (non-hydrogen) atoms. The first-order valence-electron chi connectivity index (χ1n) is 4.93. The molecule has 0 aliphatic carbocycles. The zero-order valence-electron chi connectivity index (χ0n) is 8.62. The second-order valence-corrected chi connectivity index (χ2v) is 4.21. The third-order valence-electron chi connectivity index (χ3n) is 2.89. The molecule has 3 nitrogen and oxygen atoms in total. The third kappa shape index (κ3) is 1.06. The number of rotatable bonds is 1. The molecular weight excluding hydrogens is 224 g/mol. The molecule has 2 aromatic heterocycles. The lowest BCUT2D eigenvalue weighted by molar-refractivity contribution is 0.111. The number of hydrogen-bond donors (Lipinski definition) is 1. The van der Waals surface area contributed by atoms with Crippen LogP contribution in [0.4, 0.5) is 0 Å². The molecule has 1 N–H and O–H groups in total. The van der Waals surface area contributed by atoms with Gasteiger partial charge in [-0.05, 0) is 12.1 Å². The number of aromatic amines is 1. The van der Waals surface area contributed by atoms with Crippen molar-refractivity contribution in [3.8, 4) is 0 Å². The van der Waals surface area contributed by atoms with Gasteiger partial charge in [-0.15, -0.1) is 0 Å². The molecular formula is C12H9ClN2O. The second-order valence-electron chi connectivity index (χ2n) is 3.80. The van der Waals surface area contributed by atoms with Gasteiger partial charge in [0.1, 0.15) is 5.65 Å². The molecule has 0 unspecified atom stereocenters. The van der Waals surface area contributed by atoms with E-state index in [4.69, 9.17) is 11.6 Å². The fraction of sp³-hybridized carbons (Fsp3) is 0.0833. The van der Waals surface area contributed by atoms with E-state index in [-0.39, 0.29) is 0 Å². The van der Waals surface area contributed by atoms with E-state index in [1.807, 2.05) is 35.9 Å². The lowest BCUT2D eigenvalue weighted by Crippen LogP contribution is -1.89. The Morgan fingerprint density at radius 3 is 2.94 bits per heavy atom. The molecule has 1 aromatic carbocycles. The average Bonchev–Trinajstić information content (AvgIpc) is 2.80. The summed E-state index contributed by atoms with van der Waals surface area (Å²) in [5.74, 6) is 0. The Morgan fingerprint density at radius 2 is 2.19 bits per heavy atom. The fourth-order valence-corrected chi connectivity index (χ4v) is 2.48. The number of carbonyl (C=O) groups excluding carboxylic acids is 1. The number of aldehydes is 1. The number of hydrogen-bond acceptors (Lipinski definition) is 1. The van der Waals surface area contributed by atoms with Crippen molar-refractivity contribution in [3.63, 3.8) is 0 Å². The maximum absolute atomic E-state index is 10.7. The Balaban J connectivity index is 2.58. The van der Waals surface area contributed by atoms with Crippen molar-refractivity contribution in [1.82, 2.24) is 9.55 Å². The number of aromatic nitrogens is 2. The molecule has 0 spiro atoms.